The molecule has 0 aromatic heterocycles. The van der Waals surface area contributed by atoms with Gasteiger partial charge in [-0.05, 0) is 6.42 Å². The van der Waals surface area contributed by atoms with Crippen molar-refractivity contribution in [3.05, 3.63) is 0 Å². The highest BCUT2D eigenvalue weighted by molar-refractivity contribution is 5.66. The van der Waals surface area contributed by atoms with Gasteiger partial charge in [-0.2, -0.15) is 0 Å². The SMILES string of the molecule is CCCCCCCCCCCCCOCC(CO)OC(C)=O. The van der Waals surface area contributed by atoms with Crippen LogP contribution in [0.2, 0.25) is 0 Å². The first-order chi connectivity index (χ1) is 10.7. The molecular weight excluding hydrogens is 280 g/mol. The van der Waals surface area contributed by atoms with E-state index in [1.54, 1.807) is 0 Å². The third kappa shape index (κ3) is 15.8. The van der Waals surface area contributed by atoms with Crippen LogP contribution in [0.15, 0.2) is 0 Å². The van der Waals surface area contributed by atoms with Crippen LogP contribution in [0.1, 0.15) is 84.5 Å². The Bertz CT molecular complexity index is 243. The van der Waals surface area contributed by atoms with E-state index in [4.69, 9.17) is 14.6 Å². The monoisotopic (exact) mass is 316 g/mol. The zero-order valence-electron chi connectivity index (χ0n) is 14.6. The molecule has 1 N–H and O–H groups in total. The fraction of sp³-hybridized carbons (Fsp3) is 0.944. The second kappa shape index (κ2) is 16.8. The van der Waals surface area contributed by atoms with Gasteiger partial charge in [-0.15, -0.1) is 0 Å². The maximum Gasteiger partial charge on any atom is 0.303 e. The van der Waals surface area contributed by atoms with Gasteiger partial charge < -0.3 is 14.6 Å². The smallest absolute Gasteiger partial charge is 0.303 e. The molecule has 0 rings (SSSR count). The number of unbranched alkanes of at least 4 members (excludes halogenated alkanes) is 10. The summed E-state index contributed by atoms with van der Waals surface area (Å²) in [6.07, 6.45) is 13.9. The number of esters is 1. The molecule has 0 radical (unpaired) electrons. The lowest BCUT2D eigenvalue weighted by molar-refractivity contribution is -0.152. The molecule has 4 nitrogen and oxygen atoms in total. The second-order valence-corrected chi connectivity index (χ2v) is 6.02. The van der Waals surface area contributed by atoms with Gasteiger partial charge in [0.15, 0.2) is 0 Å². The predicted molar refractivity (Wildman–Crippen MR) is 89.9 cm³/mol. The van der Waals surface area contributed by atoms with Gasteiger partial charge in [-0.25, -0.2) is 0 Å². The summed E-state index contributed by atoms with van der Waals surface area (Å²) < 4.78 is 10.3. The van der Waals surface area contributed by atoms with Crippen molar-refractivity contribution in [2.75, 3.05) is 19.8 Å². The minimum Gasteiger partial charge on any atom is -0.458 e. The van der Waals surface area contributed by atoms with Crippen molar-refractivity contribution in [3.63, 3.8) is 0 Å². The van der Waals surface area contributed by atoms with Crippen molar-refractivity contribution in [2.24, 2.45) is 0 Å². The van der Waals surface area contributed by atoms with Gasteiger partial charge in [0.05, 0.1) is 13.2 Å². The molecule has 0 saturated heterocycles. The predicted octanol–water partition coefficient (Wildman–Crippen LogP) is 4.24. The van der Waals surface area contributed by atoms with E-state index in [2.05, 4.69) is 6.92 Å². The Hall–Kier alpha value is -0.610. The number of aliphatic hydroxyl groups excluding tert-OH is 1. The molecule has 0 fully saturated rings. The maximum absolute atomic E-state index is 10.8. The summed E-state index contributed by atoms with van der Waals surface area (Å²) in [5, 5.41) is 9.01. The van der Waals surface area contributed by atoms with E-state index in [0.29, 0.717) is 6.61 Å². The fourth-order valence-electron chi connectivity index (χ4n) is 2.44. The lowest BCUT2D eigenvalue weighted by atomic mass is 10.1. The largest absolute Gasteiger partial charge is 0.458 e. The van der Waals surface area contributed by atoms with E-state index in [1.807, 2.05) is 0 Å². The highest BCUT2D eigenvalue weighted by atomic mass is 16.6. The molecule has 0 aromatic rings. The molecule has 0 heterocycles. The number of carbonyl (C=O) groups excluding carboxylic acids is 1. The molecular formula is C18H36O4. The Balaban J connectivity index is 3.18. The van der Waals surface area contributed by atoms with E-state index < -0.39 is 6.10 Å². The number of rotatable bonds is 16. The fourth-order valence-corrected chi connectivity index (χ4v) is 2.44. The van der Waals surface area contributed by atoms with Gasteiger partial charge in [0.2, 0.25) is 0 Å². The van der Waals surface area contributed by atoms with Crippen LogP contribution in [-0.2, 0) is 14.3 Å². The van der Waals surface area contributed by atoms with Crippen molar-refractivity contribution in [3.8, 4) is 0 Å². The van der Waals surface area contributed by atoms with Gasteiger partial charge >= 0.3 is 5.97 Å². The van der Waals surface area contributed by atoms with Crippen LogP contribution >= 0.6 is 0 Å². The first kappa shape index (κ1) is 21.4. The summed E-state index contributed by atoms with van der Waals surface area (Å²) in [4.78, 5) is 10.8. The quantitative estimate of drug-likeness (QED) is 0.342. The summed E-state index contributed by atoms with van der Waals surface area (Å²) in [5.74, 6) is -0.377. The molecule has 0 spiro atoms. The van der Waals surface area contributed by atoms with E-state index in [9.17, 15) is 4.79 Å². The Morgan fingerprint density at radius 2 is 1.41 bits per heavy atom. The van der Waals surface area contributed by atoms with Crippen LogP contribution in [-0.4, -0.2) is 37.0 Å². The molecule has 4 heteroatoms. The van der Waals surface area contributed by atoms with Crippen LogP contribution in [0.3, 0.4) is 0 Å². The van der Waals surface area contributed by atoms with Gasteiger partial charge in [0.25, 0.3) is 0 Å². The topological polar surface area (TPSA) is 55.8 Å². The van der Waals surface area contributed by atoms with Crippen molar-refractivity contribution < 1.29 is 19.4 Å². The lowest BCUT2D eigenvalue weighted by Crippen LogP contribution is -2.26. The molecule has 0 amide bonds. The standard InChI is InChI=1S/C18H36O4/c1-3-4-5-6-7-8-9-10-11-12-13-14-21-16-18(15-19)22-17(2)20/h18-19H,3-16H2,1-2H3. The zero-order valence-corrected chi connectivity index (χ0v) is 14.6. The van der Waals surface area contributed by atoms with E-state index in [-0.39, 0.29) is 19.2 Å². The number of ether oxygens (including phenoxy) is 2. The van der Waals surface area contributed by atoms with Crippen LogP contribution in [0.5, 0.6) is 0 Å². The zero-order chi connectivity index (χ0) is 16.5. The molecule has 0 bridgehead atoms. The number of carbonyl (C=O) groups is 1. The van der Waals surface area contributed by atoms with E-state index in [0.717, 1.165) is 6.42 Å². The van der Waals surface area contributed by atoms with Gasteiger partial charge in [-0.1, -0.05) is 71.1 Å². The normalized spacial score (nSPS) is 12.3. The Morgan fingerprint density at radius 1 is 0.909 bits per heavy atom. The van der Waals surface area contributed by atoms with Gasteiger partial charge in [0.1, 0.15) is 6.10 Å². The third-order valence-electron chi connectivity index (χ3n) is 3.73. The Kier molecular flexibility index (Phi) is 16.3. The van der Waals surface area contributed by atoms with Crippen molar-refractivity contribution in [1.29, 1.82) is 0 Å². The summed E-state index contributed by atoms with van der Waals surface area (Å²) in [7, 11) is 0. The molecule has 132 valence electrons. The summed E-state index contributed by atoms with van der Waals surface area (Å²) in [6.45, 7) is 4.37. The average Bonchev–Trinajstić information content (AvgIpc) is 2.50. The maximum atomic E-state index is 10.8. The van der Waals surface area contributed by atoms with Crippen molar-refractivity contribution in [2.45, 2.75) is 90.6 Å². The van der Waals surface area contributed by atoms with E-state index in [1.165, 1.54) is 71.1 Å². The lowest BCUT2D eigenvalue weighted by Gasteiger charge is -2.14. The molecule has 1 unspecified atom stereocenters. The van der Waals surface area contributed by atoms with Crippen LogP contribution < -0.4 is 0 Å². The Labute approximate surface area is 136 Å². The van der Waals surface area contributed by atoms with E-state index >= 15 is 0 Å². The molecule has 0 aliphatic heterocycles. The first-order valence-corrected chi connectivity index (χ1v) is 9.06. The highest BCUT2D eigenvalue weighted by Gasteiger charge is 2.10. The van der Waals surface area contributed by atoms with Crippen LogP contribution in [0, 0.1) is 0 Å². The molecule has 22 heavy (non-hydrogen) atoms. The number of hydrogen-bond acceptors (Lipinski definition) is 4. The average molecular weight is 316 g/mol. The Morgan fingerprint density at radius 3 is 1.86 bits per heavy atom. The second-order valence-electron chi connectivity index (χ2n) is 6.02. The third-order valence-corrected chi connectivity index (χ3v) is 3.73. The molecule has 0 aliphatic carbocycles. The molecule has 0 aliphatic rings. The summed E-state index contributed by atoms with van der Waals surface area (Å²) >= 11 is 0. The summed E-state index contributed by atoms with van der Waals surface area (Å²) in [6, 6.07) is 0. The first-order valence-electron chi connectivity index (χ1n) is 9.06. The van der Waals surface area contributed by atoms with Crippen LogP contribution in [0.25, 0.3) is 0 Å². The van der Waals surface area contributed by atoms with Gasteiger partial charge in [-0.3, -0.25) is 4.79 Å². The number of hydrogen-bond donors (Lipinski definition) is 1. The van der Waals surface area contributed by atoms with Crippen molar-refractivity contribution in [1.82, 2.24) is 0 Å². The minimum absolute atomic E-state index is 0.183. The summed E-state index contributed by atoms with van der Waals surface area (Å²) in [5.41, 5.74) is 0. The highest BCUT2D eigenvalue weighted by Crippen LogP contribution is 2.11. The molecule has 0 saturated carbocycles. The van der Waals surface area contributed by atoms with Crippen molar-refractivity contribution >= 4 is 5.97 Å². The molecule has 1 atom stereocenters. The molecule has 0 aromatic carbocycles. The van der Waals surface area contributed by atoms with Gasteiger partial charge in [0, 0.05) is 13.5 Å². The number of aliphatic hydroxyl groups is 1. The van der Waals surface area contributed by atoms with Crippen LogP contribution in [0.4, 0.5) is 0 Å². The minimum atomic E-state index is -0.523.